The molecule has 1 aromatic carbocycles. The summed E-state index contributed by atoms with van der Waals surface area (Å²) in [5.74, 6) is 0.00440. The molecule has 0 aliphatic carbocycles. The van der Waals surface area contributed by atoms with Crippen molar-refractivity contribution in [3.8, 4) is 0 Å². The Kier molecular flexibility index (Phi) is 3.11. The minimum atomic E-state index is -0.0312. The highest BCUT2D eigenvalue weighted by Crippen LogP contribution is 2.30. The van der Waals surface area contributed by atoms with Crippen molar-refractivity contribution in [2.24, 2.45) is 0 Å². The van der Waals surface area contributed by atoms with E-state index in [1.807, 2.05) is 29.2 Å². The summed E-state index contributed by atoms with van der Waals surface area (Å²) in [6, 6.07) is 7.48. The number of halogens is 1. The number of nitrogens with one attached hydrogen (secondary N) is 2. The molecule has 2 bridgehead atoms. The highest BCUT2D eigenvalue weighted by atomic mass is 35.5. The Morgan fingerprint density at radius 3 is 2.91 bits per heavy atom. The van der Waals surface area contributed by atoms with Gasteiger partial charge in [0.2, 0.25) is 5.91 Å². The summed E-state index contributed by atoms with van der Waals surface area (Å²) >= 11 is 5.99. The van der Waals surface area contributed by atoms with Crippen molar-refractivity contribution in [1.82, 2.24) is 15.2 Å². The lowest BCUT2D eigenvalue weighted by molar-refractivity contribution is -0.121. The van der Waals surface area contributed by atoms with E-state index in [0.717, 1.165) is 23.7 Å². The third-order valence-corrected chi connectivity index (χ3v) is 4.86. The first kappa shape index (κ1) is 13.6. The Morgan fingerprint density at radius 2 is 2.05 bits per heavy atom. The second-order valence-corrected chi connectivity index (χ2v) is 6.46. The Balaban J connectivity index is 1.69. The van der Waals surface area contributed by atoms with E-state index in [9.17, 15) is 9.59 Å². The van der Waals surface area contributed by atoms with E-state index in [0.29, 0.717) is 23.7 Å². The number of carbonyl (C=O) groups is 2. The molecule has 2 unspecified atom stereocenters. The van der Waals surface area contributed by atoms with Crippen LogP contribution in [-0.4, -0.2) is 40.3 Å². The van der Waals surface area contributed by atoms with Crippen LogP contribution in [0.25, 0.3) is 10.9 Å². The summed E-state index contributed by atoms with van der Waals surface area (Å²) in [5.41, 5.74) is 1.41. The number of H-pyrrole nitrogens is 1. The molecule has 2 fully saturated rings. The molecule has 2 atom stereocenters. The summed E-state index contributed by atoms with van der Waals surface area (Å²) in [6.07, 6.45) is 2.24. The molecular formula is C16H16ClN3O2. The molecule has 6 heteroatoms. The lowest BCUT2D eigenvalue weighted by atomic mass is 10.1. The normalized spacial score (nSPS) is 24.4. The zero-order valence-corrected chi connectivity index (χ0v) is 12.7. The van der Waals surface area contributed by atoms with Crippen LogP contribution >= 0.6 is 11.6 Å². The molecule has 0 saturated carbocycles. The molecule has 5 nitrogen and oxygen atoms in total. The molecule has 2 saturated heterocycles. The van der Waals surface area contributed by atoms with Crippen molar-refractivity contribution in [1.29, 1.82) is 0 Å². The average molecular weight is 318 g/mol. The number of aromatic amines is 1. The fourth-order valence-corrected chi connectivity index (χ4v) is 3.74. The molecule has 4 rings (SSSR count). The van der Waals surface area contributed by atoms with Gasteiger partial charge in [0.05, 0.1) is 0 Å². The molecule has 22 heavy (non-hydrogen) atoms. The molecule has 0 radical (unpaired) electrons. The zero-order chi connectivity index (χ0) is 15.3. The van der Waals surface area contributed by atoms with Crippen molar-refractivity contribution in [2.45, 2.75) is 31.3 Å². The molecule has 0 spiro atoms. The number of rotatable bonds is 1. The second kappa shape index (κ2) is 5.02. The van der Waals surface area contributed by atoms with E-state index in [-0.39, 0.29) is 23.9 Å². The quantitative estimate of drug-likeness (QED) is 0.847. The van der Waals surface area contributed by atoms with Crippen LogP contribution in [0.4, 0.5) is 0 Å². The highest BCUT2D eigenvalue weighted by molar-refractivity contribution is 6.31. The van der Waals surface area contributed by atoms with Crippen LogP contribution in [0.5, 0.6) is 0 Å². The Morgan fingerprint density at radius 1 is 1.23 bits per heavy atom. The van der Waals surface area contributed by atoms with Gasteiger partial charge in [-0.2, -0.15) is 0 Å². The van der Waals surface area contributed by atoms with Crippen LogP contribution in [0, 0.1) is 0 Å². The van der Waals surface area contributed by atoms with Crippen LogP contribution in [0.2, 0.25) is 5.02 Å². The number of hydrogen-bond acceptors (Lipinski definition) is 2. The fourth-order valence-electron chi connectivity index (χ4n) is 3.56. The smallest absolute Gasteiger partial charge is 0.270 e. The van der Waals surface area contributed by atoms with Crippen molar-refractivity contribution < 1.29 is 9.59 Å². The molecule has 2 aliphatic heterocycles. The largest absolute Gasteiger partial charge is 0.354 e. The number of hydrogen-bond donors (Lipinski definition) is 2. The van der Waals surface area contributed by atoms with Gasteiger partial charge in [0.15, 0.2) is 0 Å². The standard InChI is InChI=1S/C16H16ClN3O2/c17-10-2-1-9-5-14(19-13(9)6-10)16(22)20-11-3-4-12(20)8-18-15(21)7-11/h1-2,5-6,11-12,19H,3-4,7-8H2,(H,18,21). The number of aromatic nitrogens is 1. The second-order valence-electron chi connectivity index (χ2n) is 6.02. The van der Waals surface area contributed by atoms with Gasteiger partial charge in [-0.05, 0) is 31.0 Å². The van der Waals surface area contributed by atoms with E-state index in [2.05, 4.69) is 10.3 Å². The number of amides is 2. The van der Waals surface area contributed by atoms with E-state index < -0.39 is 0 Å². The lowest BCUT2D eigenvalue weighted by Crippen LogP contribution is -2.42. The number of carbonyl (C=O) groups excluding carboxylic acids is 2. The SMILES string of the molecule is O=C1CC2CCC(CN1)N2C(=O)c1cc2ccc(Cl)cc2[nH]1. The maximum absolute atomic E-state index is 12.9. The van der Waals surface area contributed by atoms with Crippen LogP contribution in [0.15, 0.2) is 24.3 Å². The minimum Gasteiger partial charge on any atom is -0.354 e. The van der Waals surface area contributed by atoms with Gasteiger partial charge in [-0.15, -0.1) is 0 Å². The van der Waals surface area contributed by atoms with E-state index in [1.54, 1.807) is 0 Å². The van der Waals surface area contributed by atoms with Gasteiger partial charge < -0.3 is 15.2 Å². The van der Waals surface area contributed by atoms with Gasteiger partial charge in [-0.3, -0.25) is 9.59 Å². The first-order valence-electron chi connectivity index (χ1n) is 7.49. The molecule has 2 aliphatic rings. The predicted octanol–water partition coefficient (Wildman–Crippen LogP) is 2.31. The van der Waals surface area contributed by atoms with Gasteiger partial charge in [-0.1, -0.05) is 17.7 Å². The summed E-state index contributed by atoms with van der Waals surface area (Å²) in [6.45, 7) is 0.549. The number of benzene rings is 1. The van der Waals surface area contributed by atoms with Crippen molar-refractivity contribution in [3.63, 3.8) is 0 Å². The average Bonchev–Trinajstić information content (AvgIpc) is 3.02. The number of nitrogens with zero attached hydrogens (tertiary/aromatic N) is 1. The van der Waals surface area contributed by atoms with E-state index >= 15 is 0 Å². The first-order valence-corrected chi connectivity index (χ1v) is 7.87. The maximum Gasteiger partial charge on any atom is 0.270 e. The minimum absolute atomic E-state index is 0.00926. The fraction of sp³-hybridized carbons (Fsp3) is 0.375. The molecule has 2 N–H and O–H groups in total. The zero-order valence-electron chi connectivity index (χ0n) is 11.9. The van der Waals surface area contributed by atoms with Crippen molar-refractivity contribution in [2.75, 3.05) is 6.54 Å². The molecule has 2 amide bonds. The van der Waals surface area contributed by atoms with E-state index in [4.69, 9.17) is 11.6 Å². The monoisotopic (exact) mass is 317 g/mol. The summed E-state index contributed by atoms with van der Waals surface area (Å²) in [5, 5.41) is 4.49. The van der Waals surface area contributed by atoms with Gasteiger partial charge in [0, 0.05) is 41.0 Å². The van der Waals surface area contributed by atoms with Gasteiger partial charge in [0.25, 0.3) is 5.91 Å². The third kappa shape index (κ3) is 2.16. The van der Waals surface area contributed by atoms with Crippen molar-refractivity contribution >= 4 is 34.3 Å². The molecule has 2 aromatic rings. The third-order valence-electron chi connectivity index (χ3n) is 4.63. The molecule has 3 heterocycles. The van der Waals surface area contributed by atoms with Crippen LogP contribution in [-0.2, 0) is 4.79 Å². The van der Waals surface area contributed by atoms with Gasteiger partial charge in [-0.25, -0.2) is 0 Å². The Bertz CT molecular complexity index is 770. The Labute approximate surface area is 132 Å². The summed E-state index contributed by atoms with van der Waals surface area (Å²) in [4.78, 5) is 29.6. The highest BCUT2D eigenvalue weighted by Gasteiger charge is 2.40. The Hall–Kier alpha value is -2.01. The van der Waals surface area contributed by atoms with Crippen LogP contribution in [0.3, 0.4) is 0 Å². The van der Waals surface area contributed by atoms with Gasteiger partial charge in [0.1, 0.15) is 5.69 Å². The predicted molar refractivity (Wildman–Crippen MR) is 83.9 cm³/mol. The molecule has 114 valence electrons. The van der Waals surface area contributed by atoms with Crippen molar-refractivity contribution in [3.05, 3.63) is 35.0 Å². The molecular weight excluding hydrogens is 302 g/mol. The summed E-state index contributed by atoms with van der Waals surface area (Å²) in [7, 11) is 0. The van der Waals surface area contributed by atoms with Gasteiger partial charge >= 0.3 is 0 Å². The summed E-state index contributed by atoms with van der Waals surface area (Å²) < 4.78 is 0. The first-order chi connectivity index (χ1) is 10.6. The molecule has 1 aromatic heterocycles. The van der Waals surface area contributed by atoms with Crippen LogP contribution in [0.1, 0.15) is 29.8 Å². The maximum atomic E-state index is 12.9. The lowest BCUT2D eigenvalue weighted by Gasteiger charge is -2.26. The number of fused-ring (bicyclic) bond motifs is 3. The topological polar surface area (TPSA) is 65.2 Å². The van der Waals surface area contributed by atoms with E-state index in [1.165, 1.54) is 0 Å². The van der Waals surface area contributed by atoms with Crippen LogP contribution < -0.4 is 5.32 Å².